The zero-order chi connectivity index (χ0) is 83.9. The number of hydrogen-bond donors (Lipinski definition) is 0. The second-order valence-corrected chi connectivity index (χ2v) is 88.6. The predicted octanol–water partition coefficient (Wildman–Crippen LogP) is 24.6. The summed E-state index contributed by atoms with van der Waals surface area (Å²) in [6.45, 7) is 68.3. The number of rotatable bonds is 40. The van der Waals surface area contributed by atoms with Crippen molar-refractivity contribution >= 4 is 139 Å². The molecule has 1 atom stereocenters. The van der Waals surface area contributed by atoms with Gasteiger partial charge in [-0.2, -0.15) is 0 Å². The van der Waals surface area contributed by atoms with E-state index in [4.69, 9.17) is 73.1 Å². The Morgan fingerprint density at radius 3 is 1.27 bits per heavy atom. The van der Waals surface area contributed by atoms with E-state index in [0.29, 0.717) is 19.8 Å². The van der Waals surface area contributed by atoms with E-state index in [1.54, 1.807) is 7.11 Å². The van der Waals surface area contributed by atoms with Gasteiger partial charge in [-0.1, -0.05) is 146 Å². The second kappa shape index (κ2) is 35.8. The van der Waals surface area contributed by atoms with Gasteiger partial charge in [0, 0.05) is 45.9 Å². The van der Waals surface area contributed by atoms with Crippen LogP contribution in [-0.4, -0.2) is 143 Å². The monoisotopic (exact) mass is 1800 g/mol. The Balaban J connectivity index is 0.773. The van der Waals surface area contributed by atoms with Crippen molar-refractivity contribution in [2.75, 3.05) is 26.9 Å². The van der Waals surface area contributed by atoms with E-state index in [9.17, 15) is 0 Å². The minimum absolute atomic E-state index is 0.140. The van der Waals surface area contributed by atoms with E-state index in [0.717, 1.165) is 82.2 Å². The lowest BCUT2D eigenvalue weighted by molar-refractivity contribution is 0.0757. The van der Waals surface area contributed by atoms with Gasteiger partial charge in [0.15, 0.2) is 27.2 Å². The highest BCUT2D eigenvalue weighted by Crippen LogP contribution is 2.64. The fraction of sp³-hybridized carbons (Fsp3) is 0.634. The Hall–Kier alpha value is -2.05. The quantitative estimate of drug-likeness (QED) is 0.0269. The molecule has 632 valence electrons. The maximum Gasteiger partial charge on any atom is 0.314 e. The first kappa shape index (κ1) is 94.8. The molecule has 2 aliphatic carbocycles. The molecule has 0 radical (unpaired) electrons. The van der Waals surface area contributed by atoms with Crippen molar-refractivity contribution in [1.29, 1.82) is 0 Å². The Kier molecular flexibility index (Phi) is 30.0. The Bertz CT molecular complexity index is 4080. The van der Waals surface area contributed by atoms with Gasteiger partial charge in [0.25, 0.3) is 0 Å². The summed E-state index contributed by atoms with van der Waals surface area (Å²) in [5.41, 5.74) is 7.64. The minimum Gasteiger partial charge on any atom is -0.497 e. The molecule has 1 fully saturated rings. The topological polar surface area (TPSA) is 157 Å². The van der Waals surface area contributed by atoms with Crippen LogP contribution in [0.3, 0.4) is 0 Å². The molecule has 0 amide bonds. The molecule has 1 spiro atoms. The molecule has 0 saturated heterocycles. The lowest BCUT2D eigenvalue weighted by atomic mass is 9.67. The lowest BCUT2D eigenvalue weighted by Crippen LogP contribution is -2.63. The number of fused-ring (bicyclic) bond motifs is 11. The maximum atomic E-state index is 7.97. The molecule has 31 heteroatoms. The summed E-state index contributed by atoms with van der Waals surface area (Å²) >= 11 is 1.88. The molecule has 113 heavy (non-hydrogen) atoms. The molecule has 2 heterocycles. The van der Waals surface area contributed by atoms with Crippen LogP contribution in [-0.2, 0) is 65.1 Å². The van der Waals surface area contributed by atoms with E-state index in [1.165, 1.54) is 71.7 Å². The summed E-state index contributed by atoms with van der Waals surface area (Å²) in [4.78, 5) is 0.772. The third-order valence-corrected chi connectivity index (χ3v) is 73.8. The van der Waals surface area contributed by atoms with Crippen molar-refractivity contribution in [3.63, 3.8) is 0 Å². The van der Waals surface area contributed by atoms with Crippen molar-refractivity contribution in [2.45, 2.75) is 302 Å². The molecule has 2 aliphatic heterocycles. The molecular formula is C82H144O17SSi13. The van der Waals surface area contributed by atoms with Gasteiger partial charge in [0.05, 0.1) is 18.6 Å². The first-order chi connectivity index (χ1) is 51.9. The van der Waals surface area contributed by atoms with Gasteiger partial charge in [-0.15, -0.1) is 0 Å². The zero-order valence-corrected chi connectivity index (χ0v) is 89.2. The average Bonchev–Trinajstić information content (AvgIpc) is 1.54. The van der Waals surface area contributed by atoms with E-state index in [2.05, 4.69) is 290 Å². The average molecular weight is 1800 g/mol. The van der Waals surface area contributed by atoms with Gasteiger partial charge in [0.1, 0.15) is 29.6 Å². The summed E-state index contributed by atoms with van der Waals surface area (Å²) in [5.74, 6) is 4.02. The molecule has 17 nitrogen and oxygen atoms in total. The molecule has 5 aromatic carbocycles. The van der Waals surface area contributed by atoms with Crippen molar-refractivity contribution in [3.05, 3.63) is 119 Å². The van der Waals surface area contributed by atoms with Crippen LogP contribution in [0.1, 0.15) is 127 Å². The van der Waals surface area contributed by atoms with E-state index in [1.807, 2.05) is 23.9 Å². The Morgan fingerprint density at radius 2 is 0.841 bits per heavy atom. The van der Waals surface area contributed by atoms with Crippen LogP contribution in [0.2, 0.25) is 182 Å². The minimum atomic E-state index is -2.85. The summed E-state index contributed by atoms with van der Waals surface area (Å²) in [6.07, 6.45) is 16.3. The molecule has 1 unspecified atom stereocenters. The fourth-order valence-electron chi connectivity index (χ4n) is 19.1. The number of methoxy groups -OCH3 is 1. The van der Waals surface area contributed by atoms with Crippen LogP contribution in [0.15, 0.2) is 95.9 Å². The molecule has 1 saturated carbocycles. The molecule has 0 aromatic heterocycles. The van der Waals surface area contributed by atoms with Gasteiger partial charge in [0.2, 0.25) is 0 Å². The van der Waals surface area contributed by atoms with Crippen LogP contribution in [0.25, 0.3) is 28.0 Å². The standard InChI is InChI=1S/C82H144O17SSi13/c1-33-34-60-101(7,8)88-103(11,12)90-105(15,16)92-107(19,20)94-109(23,24)96-111(27,28)98-113(31,32)99-112(29,30)97-110(25,26)95-108(21,22)93-106(17,18)91-104(13,14)89-102(9,10)61-42-57-84-58-59-85-69-51-47-67(48-52-69)81(66-45-49-68(83-6)50-46-66)56-53-71-78-77(70-43-38-39-44-74(70)80(78)54-40-36-35-37-41-55-80)72-62-75-76(63-73(72)79(71)87-81)100-82(86-75,64(2)3)65(4)5/h38-39,43-53,56,62-65H,33-37,40-42,54-55,57-61H2,1-32H3. The molecule has 4 aliphatic rings. The summed E-state index contributed by atoms with van der Waals surface area (Å²) in [6, 6.07) is 32.9. The van der Waals surface area contributed by atoms with Crippen molar-refractivity contribution in [1.82, 2.24) is 0 Å². The maximum absolute atomic E-state index is 7.97. The summed E-state index contributed by atoms with van der Waals surface area (Å²) in [5, 5.41) is 2.31. The Morgan fingerprint density at radius 1 is 0.434 bits per heavy atom. The van der Waals surface area contributed by atoms with Gasteiger partial charge in [-0.25, -0.2) is 0 Å². The van der Waals surface area contributed by atoms with Gasteiger partial charge in [-0.05, 0) is 272 Å². The van der Waals surface area contributed by atoms with E-state index in [-0.39, 0.29) is 22.2 Å². The van der Waals surface area contributed by atoms with Crippen LogP contribution in [0.5, 0.6) is 23.0 Å². The molecule has 0 bridgehead atoms. The Labute approximate surface area is 700 Å². The SMILES string of the molecule is CCCC[Si](C)(C)O[Si](C)(C)O[Si](C)(C)O[Si](C)(C)O[Si](C)(C)O[Si](C)(C)O[Si](C)(C)O[Si](C)(C)O[Si](C)(C)O[Si](C)(C)O[Si](C)(C)O[Si](C)(C)O[Si](C)(C)CCCOCCOc1ccc(C2(c3ccc(OC)cc3)C=Cc3c4c(c5cc6c(cc5c3O2)SC(C(C)C)(C(C)C)O6)-c2ccccc2C42CCCCCCC2)cc1. The van der Waals surface area contributed by atoms with Crippen LogP contribution in [0.4, 0.5) is 0 Å². The van der Waals surface area contributed by atoms with Crippen molar-refractivity contribution in [3.8, 4) is 34.1 Å². The molecule has 5 aromatic rings. The fourth-order valence-corrected chi connectivity index (χ4v) is 87.4. The van der Waals surface area contributed by atoms with Crippen molar-refractivity contribution in [2.24, 2.45) is 11.8 Å². The first-order valence-electron chi connectivity index (χ1n) is 41.8. The highest BCUT2D eigenvalue weighted by atomic mass is 32.2. The number of thioether (sulfide) groups is 1. The summed E-state index contributed by atoms with van der Waals surface area (Å²) < 4.78 is 117. The van der Waals surface area contributed by atoms with Gasteiger partial charge >= 0.3 is 94.2 Å². The predicted molar refractivity (Wildman–Crippen MR) is 497 cm³/mol. The normalized spacial score (nSPS) is 18.1. The smallest absolute Gasteiger partial charge is 0.314 e. The zero-order valence-electron chi connectivity index (χ0n) is 75.3. The first-order valence-corrected chi connectivity index (χ1v) is 79.9. The van der Waals surface area contributed by atoms with Crippen molar-refractivity contribution < 1.29 is 73.1 Å². The van der Waals surface area contributed by atoms with Gasteiger partial charge in [-0.3, -0.25) is 0 Å². The van der Waals surface area contributed by atoms with E-state index >= 15 is 0 Å². The highest BCUT2D eigenvalue weighted by Gasteiger charge is 2.55. The second-order valence-electron chi connectivity index (χ2n) is 38.7. The summed E-state index contributed by atoms with van der Waals surface area (Å²) in [7, 11) is -32.7. The van der Waals surface area contributed by atoms with Gasteiger partial charge < -0.3 is 73.1 Å². The molecule has 0 N–H and O–H groups in total. The highest BCUT2D eigenvalue weighted by molar-refractivity contribution is 8.01. The number of benzene rings is 5. The molecule has 9 rings (SSSR count). The van der Waals surface area contributed by atoms with E-state index < -0.39 is 116 Å². The van der Waals surface area contributed by atoms with Crippen LogP contribution >= 0.6 is 11.8 Å². The third kappa shape index (κ3) is 24.7. The van der Waals surface area contributed by atoms with Crippen LogP contribution in [0, 0.1) is 11.8 Å². The number of unbranched alkanes of at least 4 members (excludes halogenated alkanes) is 1. The number of ether oxygens (including phenoxy) is 5. The van der Waals surface area contributed by atoms with Crippen LogP contribution < -0.4 is 18.9 Å². The third-order valence-electron chi connectivity index (χ3n) is 21.1. The number of hydrogen-bond acceptors (Lipinski definition) is 18. The lowest BCUT2D eigenvalue weighted by Gasteiger charge is -2.45. The largest absolute Gasteiger partial charge is 0.497 e. The molecular weight excluding hydrogens is 1650 g/mol.